The zero-order valence-electron chi connectivity index (χ0n) is 52.2. The number of carbonyl (C=O) groups is 1. The fraction of sp³-hybridized carbons (Fsp3) is 0.897. The molecule has 9 heteroatoms. The highest BCUT2D eigenvalue weighted by molar-refractivity contribution is 7.47. The molecule has 0 rings (SSSR count). The van der Waals surface area contributed by atoms with Gasteiger partial charge in [-0.2, -0.15) is 0 Å². The highest BCUT2D eigenvalue weighted by Gasteiger charge is 2.28. The zero-order valence-corrected chi connectivity index (χ0v) is 53.1. The van der Waals surface area contributed by atoms with E-state index in [1.165, 1.54) is 263 Å². The van der Waals surface area contributed by atoms with Gasteiger partial charge in [-0.1, -0.05) is 320 Å². The van der Waals surface area contributed by atoms with Gasteiger partial charge in [0.2, 0.25) is 5.91 Å². The Morgan fingerprint density at radius 3 is 1.08 bits per heavy atom. The number of hydrogen-bond donors (Lipinski definition) is 3. The molecule has 0 aliphatic carbocycles. The summed E-state index contributed by atoms with van der Waals surface area (Å²) in [5.41, 5.74) is 0. The quantitative estimate of drug-likeness (QED) is 0.0243. The van der Waals surface area contributed by atoms with Crippen LogP contribution in [0.1, 0.15) is 341 Å². The lowest BCUT2D eigenvalue weighted by Crippen LogP contribution is -2.46. The molecule has 0 aromatic heterocycles. The second-order valence-corrected chi connectivity index (χ2v) is 26.0. The van der Waals surface area contributed by atoms with Crippen LogP contribution in [-0.2, 0) is 18.4 Å². The highest BCUT2D eigenvalue weighted by atomic mass is 31.2. The van der Waals surface area contributed by atoms with E-state index in [1.54, 1.807) is 0 Å². The first-order valence-corrected chi connectivity index (χ1v) is 35.3. The molecular weight excluding hydrogens is 972 g/mol. The number of amides is 1. The van der Waals surface area contributed by atoms with E-state index in [0.29, 0.717) is 23.9 Å². The number of quaternary nitrogens is 1. The number of aliphatic hydroxyl groups excluding tert-OH is 1. The molecule has 3 atom stereocenters. The number of nitrogens with zero attached hydrogens (tertiary/aromatic N) is 1. The molecule has 0 aliphatic heterocycles. The second-order valence-electron chi connectivity index (χ2n) is 24.6. The van der Waals surface area contributed by atoms with Crippen LogP contribution < -0.4 is 5.32 Å². The number of nitrogens with one attached hydrogen (secondary N) is 1. The van der Waals surface area contributed by atoms with E-state index in [2.05, 4.69) is 55.6 Å². The number of likely N-dealkylation sites (N-methyl/N-ethyl adjacent to an activating group) is 1. The summed E-state index contributed by atoms with van der Waals surface area (Å²) in [6.45, 7) is 4.92. The third kappa shape index (κ3) is 62.2. The highest BCUT2D eigenvalue weighted by Crippen LogP contribution is 2.43. The Labute approximate surface area is 480 Å². The molecule has 1 amide bonds. The van der Waals surface area contributed by atoms with Gasteiger partial charge in [-0.25, -0.2) is 4.57 Å². The maximum atomic E-state index is 13.0. The molecule has 0 saturated heterocycles. The van der Waals surface area contributed by atoms with E-state index < -0.39 is 20.0 Å². The molecule has 0 bridgehead atoms. The van der Waals surface area contributed by atoms with Crippen molar-refractivity contribution >= 4 is 13.7 Å². The summed E-state index contributed by atoms with van der Waals surface area (Å²) in [4.78, 5) is 23.4. The van der Waals surface area contributed by atoms with Gasteiger partial charge in [-0.05, 0) is 51.4 Å². The predicted octanol–water partition coefficient (Wildman–Crippen LogP) is 21.3. The predicted molar refractivity (Wildman–Crippen MR) is 337 cm³/mol. The van der Waals surface area contributed by atoms with Crippen molar-refractivity contribution in [2.45, 2.75) is 353 Å². The average molecular weight is 1110 g/mol. The molecule has 3 unspecified atom stereocenters. The normalized spacial score (nSPS) is 13.9. The molecule has 0 saturated carbocycles. The Kier molecular flexibility index (Phi) is 58.4. The lowest BCUT2D eigenvalue weighted by Gasteiger charge is -2.26. The molecule has 456 valence electrons. The number of allylic oxidation sites excluding steroid dienone is 6. The topological polar surface area (TPSA) is 105 Å². The number of carbonyl (C=O) groups excluding carboxylic acids is 1. The van der Waals surface area contributed by atoms with E-state index >= 15 is 0 Å². The van der Waals surface area contributed by atoms with Crippen molar-refractivity contribution in [3.63, 3.8) is 0 Å². The van der Waals surface area contributed by atoms with Crippen LogP contribution >= 0.6 is 7.82 Å². The maximum Gasteiger partial charge on any atom is 0.472 e. The van der Waals surface area contributed by atoms with Crippen LogP contribution in [0.5, 0.6) is 0 Å². The molecule has 0 aromatic rings. The lowest BCUT2D eigenvalue weighted by molar-refractivity contribution is -0.870. The number of aliphatic hydroxyl groups is 1. The monoisotopic (exact) mass is 1110 g/mol. The molecule has 0 aromatic carbocycles. The van der Waals surface area contributed by atoms with E-state index in [-0.39, 0.29) is 19.1 Å². The Hall–Kier alpha value is -1.28. The number of rotatable bonds is 63. The van der Waals surface area contributed by atoms with Crippen LogP contribution in [0, 0.1) is 0 Å². The van der Waals surface area contributed by atoms with Crippen molar-refractivity contribution in [3.05, 3.63) is 36.5 Å². The van der Waals surface area contributed by atoms with Crippen LogP contribution in [-0.4, -0.2) is 73.4 Å². The van der Waals surface area contributed by atoms with Crippen molar-refractivity contribution in [2.75, 3.05) is 40.9 Å². The van der Waals surface area contributed by atoms with Gasteiger partial charge in [-0.3, -0.25) is 13.8 Å². The van der Waals surface area contributed by atoms with Gasteiger partial charge >= 0.3 is 7.82 Å². The molecule has 0 heterocycles. The number of unbranched alkanes of at least 4 members (excludes halogenated alkanes) is 44. The largest absolute Gasteiger partial charge is 0.472 e. The summed E-state index contributed by atoms with van der Waals surface area (Å²) in [6, 6.07) is -0.758. The molecule has 0 radical (unpaired) electrons. The molecule has 0 fully saturated rings. The summed E-state index contributed by atoms with van der Waals surface area (Å²) in [6.07, 6.45) is 78.2. The Bertz CT molecular complexity index is 1350. The maximum absolute atomic E-state index is 13.0. The van der Waals surface area contributed by atoms with Crippen LogP contribution in [0.15, 0.2) is 36.5 Å². The smallest absolute Gasteiger partial charge is 0.391 e. The van der Waals surface area contributed by atoms with Gasteiger partial charge in [0.25, 0.3) is 0 Å². The van der Waals surface area contributed by atoms with Crippen molar-refractivity contribution < 1.29 is 32.9 Å². The third-order valence-corrected chi connectivity index (χ3v) is 16.6. The zero-order chi connectivity index (χ0) is 56.3. The van der Waals surface area contributed by atoms with E-state index in [9.17, 15) is 19.4 Å². The van der Waals surface area contributed by atoms with Crippen LogP contribution in [0.25, 0.3) is 0 Å². The van der Waals surface area contributed by atoms with Crippen LogP contribution in [0.2, 0.25) is 0 Å². The molecule has 0 aliphatic rings. The first-order valence-electron chi connectivity index (χ1n) is 33.9. The minimum Gasteiger partial charge on any atom is -0.391 e. The van der Waals surface area contributed by atoms with Gasteiger partial charge in [-0.15, -0.1) is 0 Å². The summed E-state index contributed by atoms with van der Waals surface area (Å²) < 4.78 is 23.8. The number of phosphoric acid groups is 1. The molecule has 8 nitrogen and oxygen atoms in total. The fourth-order valence-corrected chi connectivity index (χ4v) is 11.1. The van der Waals surface area contributed by atoms with Crippen LogP contribution in [0.3, 0.4) is 0 Å². The van der Waals surface area contributed by atoms with Gasteiger partial charge < -0.3 is 19.8 Å². The fourth-order valence-electron chi connectivity index (χ4n) is 10.4. The van der Waals surface area contributed by atoms with Gasteiger partial charge in [0.15, 0.2) is 0 Å². The molecule has 0 spiro atoms. The number of hydrogen-bond acceptors (Lipinski definition) is 5. The summed E-state index contributed by atoms with van der Waals surface area (Å²) in [7, 11) is 1.63. The molecule has 3 N–H and O–H groups in total. The SMILES string of the molecule is CCCCCCC/C=C\C/C=C\C/C=C\CCCCCCCCCCCCCCCCCCCCCCCCCCC(=O)NC(COP(=O)(O)OCC[N+](C)(C)C)C(O)CCCCCCCCCCCCCCCCCC. The first-order chi connectivity index (χ1) is 37.5. The van der Waals surface area contributed by atoms with E-state index in [0.717, 1.165) is 51.4 Å². The Balaban J connectivity index is 3.88. The molecule has 77 heavy (non-hydrogen) atoms. The van der Waals surface area contributed by atoms with E-state index in [1.807, 2.05) is 21.1 Å². The average Bonchev–Trinajstić information content (AvgIpc) is 3.39. The van der Waals surface area contributed by atoms with Crippen molar-refractivity contribution in [1.29, 1.82) is 0 Å². The second kappa shape index (κ2) is 59.3. The first kappa shape index (κ1) is 75.7. The Morgan fingerprint density at radius 1 is 0.442 bits per heavy atom. The van der Waals surface area contributed by atoms with Crippen molar-refractivity contribution in [1.82, 2.24) is 5.32 Å². The Morgan fingerprint density at radius 2 is 0.740 bits per heavy atom. The van der Waals surface area contributed by atoms with E-state index in [4.69, 9.17) is 9.05 Å². The minimum absolute atomic E-state index is 0.0772. The lowest BCUT2D eigenvalue weighted by atomic mass is 10.0. The minimum atomic E-state index is -4.32. The van der Waals surface area contributed by atoms with Crippen molar-refractivity contribution in [2.24, 2.45) is 0 Å². The summed E-state index contributed by atoms with van der Waals surface area (Å²) >= 11 is 0. The summed E-state index contributed by atoms with van der Waals surface area (Å²) in [5.74, 6) is -0.137. The molecular formula is C68H134N2O6P+. The van der Waals surface area contributed by atoms with Gasteiger partial charge in [0.1, 0.15) is 13.2 Å². The van der Waals surface area contributed by atoms with Crippen molar-refractivity contribution in [3.8, 4) is 0 Å². The standard InChI is InChI=1S/C68H133N2O6P/c1-6-8-10-12-14-16-18-20-22-24-25-26-27-28-29-30-31-32-33-34-35-36-37-38-39-40-41-42-43-44-45-46-48-50-52-54-56-58-60-62-68(72)69-66(65-76-77(73,74)75-64-63-70(3,4)5)67(71)61-59-57-55-53-51-49-47-23-21-19-17-15-13-11-9-7-2/h18,20,24-25,27-28,66-67,71H,6-17,19,21-23,26,29-65H2,1-5H3,(H-,69,72,73,74)/p+1/b20-18-,25-24-,28-27-. The van der Waals surface area contributed by atoms with Crippen LogP contribution in [0.4, 0.5) is 0 Å². The summed E-state index contributed by atoms with van der Waals surface area (Å²) in [5, 5.41) is 14.1. The third-order valence-electron chi connectivity index (χ3n) is 15.6. The van der Waals surface area contributed by atoms with Gasteiger partial charge in [0, 0.05) is 6.42 Å². The number of phosphoric ester groups is 1. The van der Waals surface area contributed by atoms with Gasteiger partial charge in [0.05, 0.1) is 39.9 Å².